The van der Waals surface area contributed by atoms with Gasteiger partial charge in [0.1, 0.15) is 0 Å². The molecule has 0 atom stereocenters. The quantitative estimate of drug-likeness (QED) is 0.576. The molecule has 1 aliphatic heterocycles. The van der Waals surface area contributed by atoms with Crippen molar-refractivity contribution in [3.8, 4) is 0 Å². The predicted molar refractivity (Wildman–Crippen MR) is 44.6 cm³/mol. The molecule has 1 heterocycles. The number of imide groups is 1. The Morgan fingerprint density at radius 2 is 2.00 bits per heavy atom. The molecule has 0 saturated carbocycles. The van der Waals surface area contributed by atoms with Gasteiger partial charge in [0.05, 0.1) is 0 Å². The van der Waals surface area contributed by atoms with E-state index in [1.54, 1.807) is 25.8 Å². The summed E-state index contributed by atoms with van der Waals surface area (Å²) in [7, 11) is 1.70. The van der Waals surface area contributed by atoms with Gasteiger partial charge < -0.3 is 4.90 Å². The molecule has 1 rings (SSSR count). The molecule has 0 aromatic heterocycles. The summed E-state index contributed by atoms with van der Waals surface area (Å²) < 4.78 is 0. The highest BCUT2D eigenvalue weighted by molar-refractivity contribution is 5.96. The van der Waals surface area contributed by atoms with E-state index in [1.165, 1.54) is 4.90 Å². The van der Waals surface area contributed by atoms with Gasteiger partial charge in [-0.25, -0.2) is 4.79 Å². The molecule has 0 radical (unpaired) electrons. The van der Waals surface area contributed by atoms with Gasteiger partial charge in [-0.15, -0.1) is 0 Å². The SMILES string of the molecule is CC(C)C(=O)N1CCN(C)C1=O. The second kappa shape index (κ2) is 3.13. The van der Waals surface area contributed by atoms with Crippen LogP contribution >= 0.6 is 0 Å². The van der Waals surface area contributed by atoms with Gasteiger partial charge in [0.15, 0.2) is 0 Å². The monoisotopic (exact) mass is 170 g/mol. The normalized spacial score (nSPS) is 17.8. The van der Waals surface area contributed by atoms with Crippen molar-refractivity contribution in [3.05, 3.63) is 0 Å². The summed E-state index contributed by atoms with van der Waals surface area (Å²) in [6, 6.07) is -0.172. The minimum Gasteiger partial charge on any atom is -0.326 e. The Hall–Kier alpha value is -1.06. The van der Waals surface area contributed by atoms with E-state index in [4.69, 9.17) is 0 Å². The van der Waals surface area contributed by atoms with Gasteiger partial charge in [-0.3, -0.25) is 9.69 Å². The highest BCUT2D eigenvalue weighted by Crippen LogP contribution is 2.10. The fraction of sp³-hybridized carbons (Fsp3) is 0.750. The molecule has 68 valence electrons. The summed E-state index contributed by atoms with van der Waals surface area (Å²) in [5.74, 6) is -0.176. The molecule has 0 N–H and O–H groups in total. The minimum absolute atomic E-state index is 0.0793. The Bertz CT molecular complexity index is 213. The number of carbonyl (C=O) groups is 2. The summed E-state index contributed by atoms with van der Waals surface area (Å²) in [4.78, 5) is 25.5. The summed E-state index contributed by atoms with van der Waals surface area (Å²) in [5.41, 5.74) is 0. The third kappa shape index (κ3) is 1.42. The highest BCUT2D eigenvalue weighted by Gasteiger charge is 2.31. The van der Waals surface area contributed by atoms with Crippen molar-refractivity contribution in [3.63, 3.8) is 0 Å². The molecule has 3 amide bonds. The van der Waals surface area contributed by atoms with Crippen molar-refractivity contribution in [1.29, 1.82) is 0 Å². The van der Waals surface area contributed by atoms with E-state index >= 15 is 0 Å². The lowest BCUT2D eigenvalue weighted by Crippen LogP contribution is -2.37. The molecule has 0 aromatic rings. The van der Waals surface area contributed by atoms with Crippen LogP contribution in [0.25, 0.3) is 0 Å². The lowest BCUT2D eigenvalue weighted by Gasteiger charge is -2.15. The summed E-state index contributed by atoms with van der Waals surface area (Å²) >= 11 is 0. The maximum absolute atomic E-state index is 11.4. The van der Waals surface area contributed by atoms with Crippen molar-refractivity contribution in [1.82, 2.24) is 9.80 Å². The molecule has 0 bridgehead atoms. The first-order chi connectivity index (χ1) is 5.54. The van der Waals surface area contributed by atoms with E-state index in [1.807, 2.05) is 0 Å². The van der Waals surface area contributed by atoms with Crippen molar-refractivity contribution < 1.29 is 9.59 Å². The molecule has 1 saturated heterocycles. The van der Waals surface area contributed by atoms with Crippen LogP contribution in [0.4, 0.5) is 4.79 Å². The zero-order valence-corrected chi connectivity index (χ0v) is 7.70. The first-order valence-electron chi connectivity index (χ1n) is 4.10. The van der Waals surface area contributed by atoms with E-state index in [0.717, 1.165) is 0 Å². The molecule has 0 aromatic carbocycles. The molecule has 12 heavy (non-hydrogen) atoms. The number of carbonyl (C=O) groups excluding carboxylic acids is 2. The fourth-order valence-corrected chi connectivity index (χ4v) is 1.16. The van der Waals surface area contributed by atoms with Crippen LogP contribution in [0.3, 0.4) is 0 Å². The standard InChI is InChI=1S/C8H14N2O2/c1-6(2)7(11)10-5-4-9(3)8(10)12/h6H,4-5H2,1-3H3. The van der Waals surface area contributed by atoms with E-state index in [2.05, 4.69) is 0 Å². The molecular formula is C8H14N2O2. The van der Waals surface area contributed by atoms with Crippen LogP contribution in [-0.4, -0.2) is 41.9 Å². The second-order valence-electron chi connectivity index (χ2n) is 3.35. The second-order valence-corrected chi connectivity index (χ2v) is 3.35. The van der Waals surface area contributed by atoms with Crippen LogP contribution < -0.4 is 0 Å². The van der Waals surface area contributed by atoms with Gasteiger partial charge in [-0.05, 0) is 0 Å². The van der Waals surface area contributed by atoms with Crippen LogP contribution in [-0.2, 0) is 4.79 Å². The van der Waals surface area contributed by atoms with Crippen LogP contribution in [0.5, 0.6) is 0 Å². The van der Waals surface area contributed by atoms with Crippen LogP contribution in [0.15, 0.2) is 0 Å². The average molecular weight is 170 g/mol. The number of hydrogen-bond donors (Lipinski definition) is 0. The Kier molecular flexibility index (Phi) is 2.35. The van der Waals surface area contributed by atoms with Crippen LogP contribution in [0.2, 0.25) is 0 Å². The number of amides is 3. The molecular weight excluding hydrogens is 156 g/mol. The highest BCUT2D eigenvalue weighted by atomic mass is 16.2. The van der Waals surface area contributed by atoms with E-state index < -0.39 is 0 Å². The Morgan fingerprint density at radius 1 is 1.42 bits per heavy atom. The van der Waals surface area contributed by atoms with Crippen molar-refractivity contribution in [2.75, 3.05) is 20.1 Å². The summed E-state index contributed by atoms with van der Waals surface area (Å²) in [6.07, 6.45) is 0. The van der Waals surface area contributed by atoms with Crippen molar-refractivity contribution in [2.24, 2.45) is 5.92 Å². The Morgan fingerprint density at radius 3 is 2.33 bits per heavy atom. The van der Waals surface area contributed by atoms with Gasteiger partial charge in [0.25, 0.3) is 0 Å². The van der Waals surface area contributed by atoms with E-state index in [-0.39, 0.29) is 17.9 Å². The first kappa shape index (κ1) is 9.03. The molecule has 1 fully saturated rings. The minimum atomic E-state index is -0.172. The fourth-order valence-electron chi connectivity index (χ4n) is 1.16. The molecule has 0 aliphatic carbocycles. The molecule has 0 spiro atoms. The Labute approximate surface area is 72.1 Å². The largest absolute Gasteiger partial charge is 0.326 e. The van der Waals surface area contributed by atoms with Gasteiger partial charge >= 0.3 is 6.03 Å². The van der Waals surface area contributed by atoms with E-state index in [9.17, 15) is 9.59 Å². The van der Waals surface area contributed by atoms with Gasteiger partial charge in [-0.2, -0.15) is 0 Å². The maximum Gasteiger partial charge on any atom is 0.326 e. The summed E-state index contributed by atoms with van der Waals surface area (Å²) in [6.45, 7) is 4.78. The predicted octanol–water partition coefficient (Wildman–Crippen LogP) is 0.536. The Balaban J connectivity index is 2.66. The van der Waals surface area contributed by atoms with E-state index in [0.29, 0.717) is 13.1 Å². The zero-order valence-electron chi connectivity index (χ0n) is 7.70. The number of nitrogens with zero attached hydrogens (tertiary/aromatic N) is 2. The third-order valence-electron chi connectivity index (χ3n) is 1.98. The van der Waals surface area contributed by atoms with Crippen molar-refractivity contribution >= 4 is 11.9 Å². The maximum atomic E-state index is 11.4. The summed E-state index contributed by atoms with van der Waals surface area (Å²) in [5, 5.41) is 0. The number of likely N-dealkylation sites (N-methyl/N-ethyl adjacent to an activating group) is 1. The smallest absolute Gasteiger partial charge is 0.326 e. The van der Waals surface area contributed by atoms with Gasteiger partial charge in [-0.1, -0.05) is 13.8 Å². The lowest BCUT2D eigenvalue weighted by molar-refractivity contribution is -0.130. The zero-order chi connectivity index (χ0) is 9.30. The lowest BCUT2D eigenvalue weighted by atomic mass is 10.2. The molecule has 1 aliphatic rings. The average Bonchev–Trinajstić information content (AvgIpc) is 2.32. The van der Waals surface area contributed by atoms with Gasteiger partial charge in [0.2, 0.25) is 5.91 Å². The number of hydrogen-bond acceptors (Lipinski definition) is 2. The van der Waals surface area contributed by atoms with Crippen LogP contribution in [0.1, 0.15) is 13.8 Å². The molecule has 4 nitrogen and oxygen atoms in total. The first-order valence-corrected chi connectivity index (χ1v) is 4.10. The van der Waals surface area contributed by atoms with Crippen LogP contribution in [0, 0.1) is 5.92 Å². The third-order valence-corrected chi connectivity index (χ3v) is 1.98. The van der Waals surface area contributed by atoms with Crippen molar-refractivity contribution in [2.45, 2.75) is 13.8 Å². The number of rotatable bonds is 1. The molecule has 0 unspecified atom stereocenters. The van der Waals surface area contributed by atoms with Gasteiger partial charge in [0, 0.05) is 26.1 Å². The number of urea groups is 1. The topological polar surface area (TPSA) is 40.6 Å². The molecule has 4 heteroatoms.